The molecule has 1 aliphatic heterocycles. The van der Waals surface area contributed by atoms with E-state index in [1.165, 1.54) is 17.5 Å². The Hall–Kier alpha value is -1.92. The lowest BCUT2D eigenvalue weighted by molar-refractivity contribution is -0.131. The molecule has 0 radical (unpaired) electrons. The predicted octanol–water partition coefficient (Wildman–Crippen LogP) is 5.16. The number of nitrogens with zero attached hydrogens (tertiary/aromatic N) is 3. The minimum absolute atomic E-state index is 0.146. The number of rotatable bonds is 4. The van der Waals surface area contributed by atoms with Crippen molar-refractivity contribution in [3.8, 4) is 11.1 Å². The summed E-state index contributed by atoms with van der Waals surface area (Å²) in [7, 11) is 0. The lowest BCUT2D eigenvalue weighted by Gasteiger charge is -2.29. The summed E-state index contributed by atoms with van der Waals surface area (Å²) < 4.78 is 0. The molecule has 0 bridgehead atoms. The number of carbonyl (C=O) groups excluding carboxylic acids is 1. The highest BCUT2D eigenvalue weighted by Gasteiger charge is 2.25. The molecule has 0 aliphatic carbocycles. The van der Waals surface area contributed by atoms with Crippen LogP contribution in [-0.2, 0) is 4.79 Å². The zero-order chi connectivity index (χ0) is 18.8. The number of thiophene rings is 1. The highest BCUT2D eigenvalue weighted by molar-refractivity contribution is 8.00. The van der Waals surface area contributed by atoms with E-state index in [1.54, 1.807) is 29.4 Å². The summed E-state index contributed by atoms with van der Waals surface area (Å²) >= 11 is 3.19. The van der Waals surface area contributed by atoms with Gasteiger partial charge in [-0.3, -0.25) is 4.79 Å². The molecule has 6 heteroatoms. The van der Waals surface area contributed by atoms with Gasteiger partial charge in [-0.25, -0.2) is 9.97 Å². The van der Waals surface area contributed by atoms with Crippen LogP contribution in [0.5, 0.6) is 0 Å². The molecule has 27 heavy (non-hydrogen) atoms. The highest BCUT2D eigenvalue weighted by Crippen LogP contribution is 2.39. The second-order valence-corrected chi connectivity index (χ2v) is 9.21. The van der Waals surface area contributed by atoms with Crippen LogP contribution in [-0.4, -0.2) is 39.1 Å². The minimum Gasteiger partial charge on any atom is -0.342 e. The second-order valence-electron chi connectivity index (χ2n) is 7.02. The van der Waals surface area contributed by atoms with Gasteiger partial charge in [0, 0.05) is 24.0 Å². The highest BCUT2D eigenvalue weighted by atomic mass is 32.2. The van der Waals surface area contributed by atoms with E-state index in [2.05, 4.69) is 46.5 Å². The first-order valence-electron chi connectivity index (χ1n) is 9.38. The summed E-state index contributed by atoms with van der Waals surface area (Å²) in [6.07, 6.45) is 5.07. The molecule has 0 N–H and O–H groups in total. The SMILES string of the molecule is Cc1ccc(-c2csc3ncnc(S[C@H](C)C(=O)N4CCCCC4)c23)cc1. The number of amides is 1. The Morgan fingerprint density at radius 3 is 2.63 bits per heavy atom. The number of thioether (sulfide) groups is 1. The molecule has 1 saturated heterocycles. The number of piperidine rings is 1. The lowest BCUT2D eigenvalue weighted by Crippen LogP contribution is -2.40. The van der Waals surface area contributed by atoms with Crippen molar-refractivity contribution in [1.82, 2.24) is 14.9 Å². The fourth-order valence-electron chi connectivity index (χ4n) is 3.47. The predicted molar refractivity (Wildman–Crippen MR) is 113 cm³/mol. The van der Waals surface area contributed by atoms with Crippen LogP contribution in [0.2, 0.25) is 0 Å². The molecule has 140 valence electrons. The van der Waals surface area contributed by atoms with E-state index in [-0.39, 0.29) is 11.2 Å². The Kier molecular flexibility index (Phi) is 5.45. The molecule has 1 amide bonds. The summed E-state index contributed by atoms with van der Waals surface area (Å²) in [5, 5.41) is 3.96. The maximum absolute atomic E-state index is 12.8. The third kappa shape index (κ3) is 3.87. The Balaban J connectivity index is 1.64. The molecule has 1 atom stereocenters. The molecular formula is C21H23N3OS2. The fourth-order valence-corrected chi connectivity index (χ4v) is 5.47. The van der Waals surface area contributed by atoms with Crippen LogP contribution in [0.25, 0.3) is 21.3 Å². The molecule has 1 aromatic carbocycles. The van der Waals surface area contributed by atoms with E-state index < -0.39 is 0 Å². The quantitative estimate of drug-likeness (QED) is 0.451. The van der Waals surface area contributed by atoms with Crippen molar-refractivity contribution in [3.05, 3.63) is 41.5 Å². The molecule has 3 aromatic rings. The van der Waals surface area contributed by atoms with Gasteiger partial charge in [-0.05, 0) is 38.7 Å². The monoisotopic (exact) mass is 397 g/mol. The van der Waals surface area contributed by atoms with Crippen molar-refractivity contribution in [3.63, 3.8) is 0 Å². The van der Waals surface area contributed by atoms with E-state index in [4.69, 9.17) is 0 Å². The molecule has 4 rings (SSSR count). The Morgan fingerprint density at radius 1 is 1.15 bits per heavy atom. The first kappa shape index (κ1) is 18.4. The number of aryl methyl sites for hydroxylation is 1. The van der Waals surface area contributed by atoms with Gasteiger partial charge in [0.15, 0.2) is 0 Å². The van der Waals surface area contributed by atoms with Gasteiger partial charge in [0.05, 0.1) is 10.6 Å². The Labute approximate surface area is 168 Å². The van der Waals surface area contributed by atoms with E-state index in [0.29, 0.717) is 0 Å². The molecule has 0 spiro atoms. The number of hydrogen-bond donors (Lipinski definition) is 0. The van der Waals surface area contributed by atoms with Crippen molar-refractivity contribution < 1.29 is 4.79 Å². The smallest absolute Gasteiger partial charge is 0.235 e. The van der Waals surface area contributed by atoms with E-state index >= 15 is 0 Å². The van der Waals surface area contributed by atoms with Gasteiger partial charge in [-0.15, -0.1) is 11.3 Å². The van der Waals surface area contributed by atoms with Crippen LogP contribution < -0.4 is 0 Å². The van der Waals surface area contributed by atoms with E-state index in [1.807, 2.05) is 11.8 Å². The van der Waals surface area contributed by atoms with Crippen molar-refractivity contribution in [2.24, 2.45) is 0 Å². The minimum atomic E-state index is -0.146. The average molecular weight is 398 g/mol. The van der Waals surface area contributed by atoms with Gasteiger partial charge in [0.1, 0.15) is 16.2 Å². The topological polar surface area (TPSA) is 46.1 Å². The first-order valence-corrected chi connectivity index (χ1v) is 11.1. The van der Waals surface area contributed by atoms with Gasteiger partial charge >= 0.3 is 0 Å². The summed E-state index contributed by atoms with van der Waals surface area (Å²) in [6.45, 7) is 5.85. The van der Waals surface area contributed by atoms with Crippen LogP contribution in [0.4, 0.5) is 0 Å². The molecule has 0 saturated carbocycles. The molecule has 1 fully saturated rings. The molecule has 3 heterocycles. The third-order valence-corrected chi connectivity index (χ3v) is 6.98. The van der Waals surface area contributed by atoms with E-state index in [9.17, 15) is 4.79 Å². The van der Waals surface area contributed by atoms with Crippen LogP contribution in [0, 0.1) is 6.92 Å². The zero-order valence-electron chi connectivity index (χ0n) is 15.6. The summed E-state index contributed by atoms with van der Waals surface area (Å²) in [4.78, 5) is 24.8. The van der Waals surface area contributed by atoms with Crippen LogP contribution in [0.15, 0.2) is 41.0 Å². The van der Waals surface area contributed by atoms with Gasteiger partial charge in [0.2, 0.25) is 5.91 Å². The Bertz CT molecular complexity index is 946. The van der Waals surface area contributed by atoms with Crippen LogP contribution in [0.3, 0.4) is 0 Å². The van der Waals surface area contributed by atoms with Crippen LogP contribution >= 0.6 is 23.1 Å². The van der Waals surface area contributed by atoms with Crippen molar-refractivity contribution in [2.75, 3.05) is 13.1 Å². The summed E-state index contributed by atoms with van der Waals surface area (Å²) in [5.41, 5.74) is 3.55. The second kappa shape index (κ2) is 7.98. The van der Waals surface area contributed by atoms with Crippen molar-refractivity contribution >= 4 is 39.2 Å². The number of carbonyl (C=O) groups is 1. The standard InChI is InChI=1S/C21H23N3OS2/c1-14-6-8-16(9-7-14)17-12-26-19-18(17)20(23-13-22-19)27-15(2)21(25)24-10-4-3-5-11-24/h6-9,12-13,15H,3-5,10-11H2,1-2H3/t15-/m1/s1. The maximum atomic E-state index is 12.8. The molecule has 1 aliphatic rings. The fraction of sp³-hybridized carbons (Fsp3) is 0.381. The van der Waals surface area contributed by atoms with Gasteiger partial charge in [-0.2, -0.15) is 0 Å². The van der Waals surface area contributed by atoms with Crippen LogP contribution in [0.1, 0.15) is 31.7 Å². The molecular weight excluding hydrogens is 374 g/mol. The van der Waals surface area contributed by atoms with Crippen molar-refractivity contribution in [2.45, 2.75) is 43.4 Å². The maximum Gasteiger partial charge on any atom is 0.235 e. The number of fused-ring (bicyclic) bond motifs is 1. The number of benzene rings is 1. The molecule has 4 nitrogen and oxygen atoms in total. The molecule has 2 aromatic heterocycles. The zero-order valence-corrected chi connectivity index (χ0v) is 17.3. The average Bonchev–Trinajstić information content (AvgIpc) is 3.14. The normalized spacial score (nSPS) is 15.9. The largest absolute Gasteiger partial charge is 0.342 e. The lowest BCUT2D eigenvalue weighted by atomic mass is 10.1. The van der Waals surface area contributed by atoms with Gasteiger partial charge in [-0.1, -0.05) is 41.6 Å². The van der Waals surface area contributed by atoms with Gasteiger partial charge < -0.3 is 4.90 Å². The van der Waals surface area contributed by atoms with Gasteiger partial charge in [0.25, 0.3) is 0 Å². The Morgan fingerprint density at radius 2 is 1.89 bits per heavy atom. The first-order chi connectivity index (χ1) is 13.1. The van der Waals surface area contributed by atoms with Crippen molar-refractivity contribution in [1.29, 1.82) is 0 Å². The number of hydrogen-bond acceptors (Lipinski definition) is 5. The summed E-state index contributed by atoms with van der Waals surface area (Å²) in [5.74, 6) is 0.221. The number of aromatic nitrogens is 2. The third-order valence-electron chi connectivity index (χ3n) is 5.00. The summed E-state index contributed by atoms with van der Waals surface area (Å²) in [6, 6.07) is 8.52. The van der Waals surface area contributed by atoms with E-state index in [0.717, 1.165) is 46.7 Å². The number of likely N-dealkylation sites (tertiary alicyclic amines) is 1. The molecule has 0 unspecified atom stereocenters.